The van der Waals surface area contributed by atoms with Crippen LogP contribution in [0.15, 0.2) is 29.4 Å². The van der Waals surface area contributed by atoms with Gasteiger partial charge >= 0.3 is 0 Å². The smallest absolute Gasteiger partial charge is 0.240 e. The van der Waals surface area contributed by atoms with E-state index in [2.05, 4.69) is 17.5 Å². The van der Waals surface area contributed by atoms with Gasteiger partial charge in [0.05, 0.1) is 6.21 Å². The normalized spacial score (nSPS) is 10.8. The highest BCUT2D eigenvalue weighted by Gasteiger charge is 1.98. The molecule has 3 nitrogen and oxygen atoms in total. The fourth-order valence-electron chi connectivity index (χ4n) is 1.67. The molecule has 0 aliphatic heterocycles. The van der Waals surface area contributed by atoms with Gasteiger partial charge in [-0.2, -0.15) is 5.10 Å². The maximum Gasteiger partial charge on any atom is 0.240 e. The number of unbranched alkanes of at least 4 members (excludes halogenated alkanes) is 4. The van der Waals surface area contributed by atoms with Crippen LogP contribution in [0.3, 0.4) is 0 Å². The summed E-state index contributed by atoms with van der Waals surface area (Å²) in [5, 5.41) is 3.84. The third-order valence-electron chi connectivity index (χ3n) is 2.78. The zero-order chi connectivity index (χ0) is 13.9. The molecule has 0 saturated carbocycles. The van der Waals surface area contributed by atoms with Crippen LogP contribution >= 0.6 is 0 Å². The van der Waals surface area contributed by atoms with Gasteiger partial charge in [-0.3, -0.25) is 4.79 Å². The third kappa shape index (κ3) is 7.34. The minimum Gasteiger partial charge on any atom is -0.273 e. The largest absolute Gasteiger partial charge is 0.273 e. The van der Waals surface area contributed by atoms with Crippen molar-refractivity contribution in [2.45, 2.75) is 45.4 Å². The molecule has 0 heterocycles. The van der Waals surface area contributed by atoms with Crippen LogP contribution in [-0.2, 0) is 4.79 Å². The van der Waals surface area contributed by atoms with Gasteiger partial charge in [-0.1, -0.05) is 44.7 Å². The summed E-state index contributed by atoms with van der Waals surface area (Å²) in [5.74, 6) is -0.358. The van der Waals surface area contributed by atoms with Crippen molar-refractivity contribution >= 4 is 12.1 Å². The van der Waals surface area contributed by atoms with Crippen LogP contribution in [0.2, 0.25) is 0 Å². The van der Waals surface area contributed by atoms with Crippen LogP contribution in [0, 0.1) is 5.82 Å². The Bertz CT molecular complexity index is 401. The summed E-state index contributed by atoms with van der Waals surface area (Å²) in [6, 6.07) is 5.93. The molecule has 1 aromatic rings. The zero-order valence-corrected chi connectivity index (χ0v) is 11.4. The standard InChI is InChI=1S/C15H21FN2O/c1-2-3-4-5-6-7-15(19)18-17-12-13-8-10-14(16)11-9-13/h8-12H,2-7H2,1H3,(H,18,19). The Balaban J connectivity index is 2.17. The number of nitrogens with one attached hydrogen (secondary N) is 1. The molecule has 1 N–H and O–H groups in total. The van der Waals surface area contributed by atoms with E-state index in [1.165, 1.54) is 37.6 Å². The first-order valence-corrected chi connectivity index (χ1v) is 6.80. The van der Waals surface area contributed by atoms with Gasteiger partial charge in [0, 0.05) is 6.42 Å². The lowest BCUT2D eigenvalue weighted by molar-refractivity contribution is -0.121. The topological polar surface area (TPSA) is 41.5 Å². The minimum atomic E-state index is -0.284. The number of nitrogens with zero attached hydrogens (tertiary/aromatic N) is 1. The van der Waals surface area contributed by atoms with Crippen molar-refractivity contribution in [2.75, 3.05) is 0 Å². The van der Waals surface area contributed by atoms with E-state index in [1.807, 2.05) is 0 Å². The van der Waals surface area contributed by atoms with Crippen molar-refractivity contribution in [3.8, 4) is 0 Å². The number of carbonyl (C=O) groups excluding carboxylic acids is 1. The Morgan fingerprint density at radius 1 is 1.21 bits per heavy atom. The highest BCUT2D eigenvalue weighted by atomic mass is 19.1. The SMILES string of the molecule is CCCCCCCC(=O)NN=Cc1ccc(F)cc1. The Hall–Kier alpha value is -1.71. The van der Waals surface area contributed by atoms with E-state index in [-0.39, 0.29) is 11.7 Å². The average Bonchev–Trinajstić information content (AvgIpc) is 2.41. The van der Waals surface area contributed by atoms with Crippen molar-refractivity contribution in [3.05, 3.63) is 35.6 Å². The molecule has 0 fully saturated rings. The predicted molar refractivity (Wildman–Crippen MR) is 75.5 cm³/mol. The van der Waals surface area contributed by atoms with Gasteiger partial charge in [0.25, 0.3) is 0 Å². The van der Waals surface area contributed by atoms with Crippen LogP contribution in [-0.4, -0.2) is 12.1 Å². The second-order valence-electron chi connectivity index (χ2n) is 4.51. The van der Waals surface area contributed by atoms with E-state index in [4.69, 9.17) is 0 Å². The monoisotopic (exact) mass is 264 g/mol. The molecule has 1 amide bonds. The summed E-state index contributed by atoms with van der Waals surface area (Å²) in [5.41, 5.74) is 3.23. The lowest BCUT2D eigenvalue weighted by Gasteiger charge is -2.00. The van der Waals surface area contributed by atoms with E-state index < -0.39 is 0 Å². The Labute approximate surface area is 113 Å². The second kappa shape index (κ2) is 9.25. The van der Waals surface area contributed by atoms with E-state index in [1.54, 1.807) is 12.1 Å². The molecule has 1 rings (SSSR count). The molecular formula is C15H21FN2O. The number of hydrazone groups is 1. The molecule has 0 atom stereocenters. The third-order valence-corrected chi connectivity index (χ3v) is 2.78. The van der Waals surface area contributed by atoms with Crippen molar-refractivity contribution in [2.24, 2.45) is 5.10 Å². The average molecular weight is 264 g/mol. The minimum absolute atomic E-state index is 0.0742. The summed E-state index contributed by atoms with van der Waals surface area (Å²) in [4.78, 5) is 11.4. The number of rotatable bonds is 8. The maximum absolute atomic E-state index is 12.7. The molecule has 0 radical (unpaired) electrons. The van der Waals surface area contributed by atoms with Gasteiger partial charge in [0.1, 0.15) is 5.82 Å². The maximum atomic E-state index is 12.7. The van der Waals surface area contributed by atoms with Gasteiger partial charge < -0.3 is 0 Å². The first-order chi connectivity index (χ1) is 9.22. The number of carbonyl (C=O) groups is 1. The second-order valence-corrected chi connectivity index (χ2v) is 4.51. The highest BCUT2D eigenvalue weighted by molar-refractivity contribution is 5.82. The molecule has 19 heavy (non-hydrogen) atoms. The quantitative estimate of drug-likeness (QED) is 0.435. The summed E-state index contributed by atoms with van der Waals surface area (Å²) in [6.07, 6.45) is 7.61. The Kier molecular flexibility index (Phi) is 7.47. The summed E-state index contributed by atoms with van der Waals surface area (Å²) >= 11 is 0. The van der Waals surface area contributed by atoms with Gasteiger partial charge in [0.15, 0.2) is 0 Å². The molecule has 0 aliphatic rings. The first-order valence-electron chi connectivity index (χ1n) is 6.80. The lowest BCUT2D eigenvalue weighted by Crippen LogP contribution is -2.16. The van der Waals surface area contributed by atoms with Gasteiger partial charge in [-0.15, -0.1) is 0 Å². The predicted octanol–water partition coefficient (Wildman–Crippen LogP) is 3.64. The van der Waals surface area contributed by atoms with E-state index >= 15 is 0 Å². The van der Waals surface area contributed by atoms with Gasteiger partial charge in [-0.05, 0) is 24.1 Å². The van der Waals surface area contributed by atoms with Crippen LogP contribution < -0.4 is 5.43 Å². The number of hydrogen-bond donors (Lipinski definition) is 1. The molecule has 0 saturated heterocycles. The van der Waals surface area contributed by atoms with Gasteiger partial charge in [-0.25, -0.2) is 9.82 Å². The molecule has 0 aromatic heterocycles. The molecule has 0 unspecified atom stereocenters. The van der Waals surface area contributed by atoms with E-state index in [0.717, 1.165) is 18.4 Å². The lowest BCUT2D eigenvalue weighted by atomic mass is 10.1. The summed E-state index contributed by atoms with van der Waals surface area (Å²) in [7, 11) is 0. The van der Waals surface area contributed by atoms with Gasteiger partial charge in [0.2, 0.25) is 5.91 Å². The highest BCUT2D eigenvalue weighted by Crippen LogP contribution is 2.04. The molecule has 104 valence electrons. The van der Waals surface area contributed by atoms with Crippen molar-refractivity contribution in [1.82, 2.24) is 5.43 Å². The number of halogens is 1. The Morgan fingerprint density at radius 3 is 2.58 bits per heavy atom. The molecule has 0 spiro atoms. The van der Waals surface area contributed by atoms with Crippen molar-refractivity contribution < 1.29 is 9.18 Å². The number of hydrogen-bond acceptors (Lipinski definition) is 2. The zero-order valence-electron chi connectivity index (χ0n) is 11.4. The number of amides is 1. The first kappa shape index (κ1) is 15.3. The fourth-order valence-corrected chi connectivity index (χ4v) is 1.67. The van der Waals surface area contributed by atoms with Crippen molar-refractivity contribution in [1.29, 1.82) is 0 Å². The van der Waals surface area contributed by atoms with E-state index in [0.29, 0.717) is 6.42 Å². The molecule has 4 heteroatoms. The fraction of sp³-hybridized carbons (Fsp3) is 0.467. The van der Waals surface area contributed by atoms with Crippen molar-refractivity contribution in [3.63, 3.8) is 0 Å². The van der Waals surface area contributed by atoms with Crippen LogP contribution in [0.25, 0.3) is 0 Å². The van der Waals surface area contributed by atoms with E-state index in [9.17, 15) is 9.18 Å². The summed E-state index contributed by atoms with van der Waals surface area (Å²) in [6.45, 7) is 2.16. The molecule has 1 aromatic carbocycles. The van der Waals surface area contributed by atoms with Crippen LogP contribution in [0.1, 0.15) is 51.0 Å². The van der Waals surface area contributed by atoms with Crippen LogP contribution in [0.5, 0.6) is 0 Å². The molecule has 0 aliphatic carbocycles. The number of benzene rings is 1. The summed E-state index contributed by atoms with van der Waals surface area (Å²) < 4.78 is 12.7. The molecule has 0 bridgehead atoms. The van der Waals surface area contributed by atoms with Crippen LogP contribution in [0.4, 0.5) is 4.39 Å². The molecular weight excluding hydrogens is 243 g/mol. The Morgan fingerprint density at radius 2 is 1.89 bits per heavy atom.